The Morgan fingerprint density at radius 1 is 1.25 bits per heavy atom. The number of anilines is 1. The predicted molar refractivity (Wildman–Crippen MR) is 124 cm³/mol. The van der Waals surface area contributed by atoms with Gasteiger partial charge >= 0.3 is 6.18 Å². The zero-order chi connectivity index (χ0) is 26.6. The largest absolute Gasteiger partial charge is 0.482 e. The smallest absolute Gasteiger partial charge is 0.414 e. The molecule has 3 atom stereocenters. The molecule has 1 aromatic carbocycles. The summed E-state index contributed by atoms with van der Waals surface area (Å²) in [6.07, 6.45) is -4.67. The van der Waals surface area contributed by atoms with E-state index in [1.54, 1.807) is 6.07 Å². The van der Waals surface area contributed by atoms with Gasteiger partial charge in [0.05, 0.1) is 36.0 Å². The summed E-state index contributed by atoms with van der Waals surface area (Å²) in [5, 5.41) is 18.9. The lowest BCUT2D eigenvalue weighted by atomic mass is 9.83. The van der Waals surface area contributed by atoms with Crippen molar-refractivity contribution in [3.8, 4) is 11.8 Å². The molecule has 2 saturated heterocycles. The quantitative estimate of drug-likeness (QED) is 0.473. The number of nitriles is 1. The standard InChI is InChI=1S/C24H23F4N3O4S/c1-22(2)20(33)31(23(3)7-6-13(10-29)15(9-23)24(26,27)28)21(36)30(22)14-4-5-18(16(25)8-14)35-19-12-34-11-17(19)32/h4-8,17,19,32H,9,11-12H2,1-3H3/t17?,19-,23?/m0/s1. The van der Waals surface area contributed by atoms with Crippen LogP contribution in [-0.2, 0) is 9.53 Å². The van der Waals surface area contributed by atoms with Gasteiger partial charge in [0.15, 0.2) is 22.8 Å². The first-order chi connectivity index (χ1) is 16.7. The second kappa shape index (κ2) is 8.83. The Hall–Kier alpha value is -3.01. The van der Waals surface area contributed by atoms with Crippen molar-refractivity contribution in [1.82, 2.24) is 4.90 Å². The van der Waals surface area contributed by atoms with Crippen LogP contribution in [0.1, 0.15) is 27.2 Å². The predicted octanol–water partition coefficient (Wildman–Crippen LogP) is 3.78. The van der Waals surface area contributed by atoms with Crippen LogP contribution in [0.3, 0.4) is 0 Å². The van der Waals surface area contributed by atoms with Crippen LogP contribution in [0.25, 0.3) is 0 Å². The van der Waals surface area contributed by atoms with Gasteiger partial charge in [-0.3, -0.25) is 9.69 Å². The molecule has 2 heterocycles. The van der Waals surface area contributed by atoms with Gasteiger partial charge in [0.1, 0.15) is 11.6 Å². The average molecular weight is 526 g/mol. The summed E-state index contributed by atoms with van der Waals surface area (Å²) in [5.41, 5.74) is -4.24. The number of benzene rings is 1. The monoisotopic (exact) mass is 525 g/mol. The molecule has 0 bridgehead atoms. The Labute approximate surface area is 210 Å². The summed E-state index contributed by atoms with van der Waals surface area (Å²) >= 11 is 5.55. The van der Waals surface area contributed by atoms with Crippen LogP contribution in [0.5, 0.6) is 5.75 Å². The number of aliphatic hydroxyl groups excluding tert-OH is 1. The minimum Gasteiger partial charge on any atom is -0.482 e. The van der Waals surface area contributed by atoms with Gasteiger partial charge in [0.25, 0.3) is 5.91 Å². The fraction of sp³-hybridized carbons (Fsp3) is 0.458. The van der Waals surface area contributed by atoms with Gasteiger partial charge in [-0.1, -0.05) is 6.08 Å². The lowest BCUT2D eigenvalue weighted by Crippen LogP contribution is -2.51. The van der Waals surface area contributed by atoms with Crippen LogP contribution in [0, 0.1) is 17.1 Å². The Morgan fingerprint density at radius 3 is 2.50 bits per heavy atom. The molecule has 2 fully saturated rings. The highest BCUT2D eigenvalue weighted by molar-refractivity contribution is 7.80. The van der Waals surface area contributed by atoms with E-state index < -0.39 is 58.8 Å². The van der Waals surface area contributed by atoms with Gasteiger partial charge in [-0.25, -0.2) is 4.39 Å². The van der Waals surface area contributed by atoms with Crippen molar-refractivity contribution in [3.63, 3.8) is 0 Å². The number of carbonyl (C=O) groups excluding carboxylic acids is 1. The first kappa shape index (κ1) is 26.1. The van der Waals surface area contributed by atoms with Gasteiger partial charge in [0, 0.05) is 18.2 Å². The Balaban J connectivity index is 1.66. The first-order valence-electron chi connectivity index (χ1n) is 11.0. The molecule has 2 aliphatic heterocycles. The highest BCUT2D eigenvalue weighted by Gasteiger charge is 2.56. The third-order valence-electron chi connectivity index (χ3n) is 6.56. The van der Waals surface area contributed by atoms with Crippen LogP contribution in [0.4, 0.5) is 23.2 Å². The Bertz CT molecular complexity index is 1220. The summed E-state index contributed by atoms with van der Waals surface area (Å²) in [7, 11) is 0. The molecule has 12 heteroatoms. The molecule has 4 rings (SSSR count). The van der Waals surface area contributed by atoms with Crippen molar-refractivity contribution in [3.05, 3.63) is 47.3 Å². The van der Waals surface area contributed by atoms with E-state index in [0.29, 0.717) is 0 Å². The van der Waals surface area contributed by atoms with Crippen molar-refractivity contribution < 1.29 is 36.9 Å². The maximum absolute atomic E-state index is 15.0. The molecule has 0 aromatic heterocycles. The van der Waals surface area contributed by atoms with E-state index in [0.717, 1.165) is 17.0 Å². The number of allylic oxidation sites excluding steroid dienone is 2. The summed E-state index contributed by atoms with van der Waals surface area (Å²) in [5.74, 6) is -1.49. The van der Waals surface area contributed by atoms with Crippen molar-refractivity contribution in [1.29, 1.82) is 5.26 Å². The normalized spacial score (nSPS) is 28.2. The molecule has 3 aliphatic rings. The number of nitrogens with zero attached hydrogens (tertiary/aromatic N) is 3. The number of carbonyl (C=O) groups is 1. The number of rotatable bonds is 4. The number of thiocarbonyl (C=S) groups is 1. The Kier molecular flexibility index (Phi) is 6.39. The minimum atomic E-state index is -4.77. The number of alkyl halides is 3. The first-order valence-corrected chi connectivity index (χ1v) is 11.4. The number of hydrogen-bond acceptors (Lipinski definition) is 6. The fourth-order valence-electron chi connectivity index (χ4n) is 4.59. The van der Waals surface area contributed by atoms with Crippen LogP contribution < -0.4 is 9.64 Å². The van der Waals surface area contributed by atoms with E-state index in [4.69, 9.17) is 27.0 Å². The lowest BCUT2D eigenvalue weighted by molar-refractivity contribution is -0.133. The number of ether oxygens (including phenoxy) is 2. The Morgan fingerprint density at radius 2 is 1.94 bits per heavy atom. The maximum atomic E-state index is 15.0. The molecule has 1 amide bonds. The van der Waals surface area contributed by atoms with E-state index in [1.807, 2.05) is 0 Å². The molecule has 36 heavy (non-hydrogen) atoms. The van der Waals surface area contributed by atoms with Crippen molar-refractivity contribution in [2.24, 2.45) is 0 Å². The van der Waals surface area contributed by atoms with E-state index in [2.05, 4.69) is 0 Å². The molecule has 7 nitrogen and oxygen atoms in total. The number of halogens is 4. The van der Waals surface area contributed by atoms with Gasteiger partial charge in [-0.2, -0.15) is 18.4 Å². The number of amides is 1. The fourth-order valence-corrected chi connectivity index (χ4v) is 5.21. The average Bonchev–Trinajstić information content (AvgIpc) is 3.26. The highest BCUT2D eigenvalue weighted by atomic mass is 32.1. The number of hydrogen-bond donors (Lipinski definition) is 1. The third-order valence-corrected chi connectivity index (χ3v) is 6.93. The summed E-state index contributed by atoms with van der Waals surface area (Å²) in [6.45, 7) is 4.68. The second-order valence-corrected chi connectivity index (χ2v) is 9.93. The molecular weight excluding hydrogens is 502 g/mol. The minimum absolute atomic E-state index is 0.0763. The van der Waals surface area contributed by atoms with Crippen LogP contribution >= 0.6 is 12.2 Å². The molecule has 192 valence electrons. The molecule has 2 unspecified atom stereocenters. The SMILES string of the molecule is CC1(N2C(=O)C(C)(C)N(c3ccc(O[C@H]4COCC4O)c(F)c3)C2=S)C=CC(C#N)=C(C(F)(F)F)C1. The molecule has 1 N–H and O–H groups in total. The second-order valence-electron chi connectivity index (χ2n) is 9.56. The molecule has 1 aliphatic carbocycles. The van der Waals surface area contributed by atoms with E-state index >= 15 is 0 Å². The maximum Gasteiger partial charge on any atom is 0.414 e. The van der Waals surface area contributed by atoms with E-state index in [9.17, 15) is 27.5 Å². The molecule has 0 spiro atoms. The van der Waals surface area contributed by atoms with Crippen LogP contribution in [-0.4, -0.2) is 63.7 Å². The van der Waals surface area contributed by atoms with Crippen LogP contribution in [0.15, 0.2) is 41.5 Å². The number of aliphatic hydroxyl groups is 1. The summed E-state index contributed by atoms with van der Waals surface area (Å²) in [6, 6.07) is 5.46. The lowest BCUT2D eigenvalue weighted by Gasteiger charge is -2.39. The van der Waals surface area contributed by atoms with Gasteiger partial charge in [-0.15, -0.1) is 0 Å². The summed E-state index contributed by atoms with van der Waals surface area (Å²) in [4.78, 5) is 16.0. The molecule has 1 aromatic rings. The zero-order valence-corrected chi connectivity index (χ0v) is 20.4. The topological polar surface area (TPSA) is 86.0 Å². The van der Waals surface area contributed by atoms with E-state index in [1.165, 1.54) is 43.9 Å². The highest BCUT2D eigenvalue weighted by Crippen LogP contribution is 2.45. The van der Waals surface area contributed by atoms with Crippen LogP contribution in [0.2, 0.25) is 0 Å². The van der Waals surface area contributed by atoms with Crippen molar-refractivity contribution in [2.75, 3.05) is 18.1 Å². The molecule has 0 radical (unpaired) electrons. The van der Waals surface area contributed by atoms with E-state index in [-0.39, 0.29) is 29.8 Å². The van der Waals surface area contributed by atoms with Crippen molar-refractivity contribution >= 4 is 28.9 Å². The zero-order valence-electron chi connectivity index (χ0n) is 19.6. The van der Waals surface area contributed by atoms with Gasteiger partial charge < -0.3 is 19.5 Å². The molecular formula is C24H23F4N3O4S. The summed E-state index contributed by atoms with van der Waals surface area (Å²) < 4.78 is 66.6. The molecule has 0 saturated carbocycles. The van der Waals surface area contributed by atoms with Gasteiger partial charge in [-0.05, 0) is 51.2 Å². The van der Waals surface area contributed by atoms with Gasteiger partial charge in [0.2, 0.25) is 0 Å². The van der Waals surface area contributed by atoms with Crippen molar-refractivity contribution in [2.45, 2.75) is 56.7 Å². The third kappa shape index (κ3) is 4.25.